The first-order valence-electron chi connectivity index (χ1n) is 8.08. The summed E-state index contributed by atoms with van der Waals surface area (Å²) < 4.78 is 0. The summed E-state index contributed by atoms with van der Waals surface area (Å²) in [5.74, 6) is 3.54. The smallest absolute Gasteiger partial charge is 0.0411 e. The van der Waals surface area contributed by atoms with E-state index in [1.54, 1.807) is 0 Å². The summed E-state index contributed by atoms with van der Waals surface area (Å²) in [6.07, 6.45) is 5.84. The van der Waals surface area contributed by atoms with Crippen LogP contribution in [0.2, 0.25) is 0 Å². The molecule has 0 amide bonds. The van der Waals surface area contributed by atoms with Crippen molar-refractivity contribution in [3.8, 4) is 0 Å². The van der Waals surface area contributed by atoms with Crippen LogP contribution in [0.4, 0.5) is 0 Å². The van der Waals surface area contributed by atoms with E-state index in [4.69, 9.17) is 0 Å². The number of aryl methyl sites for hydroxylation is 2. The zero-order chi connectivity index (χ0) is 14.4. The van der Waals surface area contributed by atoms with Crippen molar-refractivity contribution >= 4 is 11.8 Å². The summed E-state index contributed by atoms with van der Waals surface area (Å²) in [4.78, 5) is 0. The minimum atomic E-state index is 0.505. The molecule has 0 aliphatic heterocycles. The van der Waals surface area contributed by atoms with Crippen molar-refractivity contribution in [2.75, 3.05) is 18.1 Å². The predicted molar refractivity (Wildman–Crippen MR) is 91.6 cm³/mol. The Labute approximate surface area is 128 Å². The number of hydrogen-bond acceptors (Lipinski definition) is 2. The summed E-state index contributed by atoms with van der Waals surface area (Å²) in [5.41, 5.74) is 4.22. The highest BCUT2D eigenvalue weighted by Crippen LogP contribution is 2.29. The Morgan fingerprint density at radius 3 is 2.40 bits per heavy atom. The molecule has 1 aromatic carbocycles. The molecule has 1 unspecified atom stereocenters. The van der Waals surface area contributed by atoms with Gasteiger partial charge in [0.2, 0.25) is 0 Å². The van der Waals surface area contributed by atoms with Crippen molar-refractivity contribution in [3.05, 3.63) is 34.9 Å². The maximum atomic E-state index is 3.66. The fraction of sp³-hybridized carbons (Fsp3) is 0.667. The predicted octanol–water partition coefficient (Wildman–Crippen LogP) is 4.88. The van der Waals surface area contributed by atoms with Crippen LogP contribution in [0.15, 0.2) is 18.2 Å². The molecule has 112 valence electrons. The van der Waals surface area contributed by atoms with Crippen LogP contribution in [-0.4, -0.2) is 18.1 Å². The van der Waals surface area contributed by atoms with Gasteiger partial charge in [0.1, 0.15) is 0 Å². The van der Waals surface area contributed by atoms with Crippen LogP contribution in [0.25, 0.3) is 0 Å². The average molecular weight is 292 g/mol. The summed E-state index contributed by atoms with van der Waals surface area (Å²) in [6.45, 7) is 7.65. The Hall–Kier alpha value is -0.470. The maximum Gasteiger partial charge on any atom is 0.0411 e. The second kappa shape index (κ2) is 8.09. The summed E-state index contributed by atoms with van der Waals surface area (Å²) in [7, 11) is 0. The lowest BCUT2D eigenvalue weighted by Gasteiger charge is -2.20. The lowest BCUT2D eigenvalue weighted by atomic mass is 10.0. The van der Waals surface area contributed by atoms with Crippen LogP contribution in [0.5, 0.6) is 0 Å². The summed E-state index contributed by atoms with van der Waals surface area (Å²) in [6, 6.07) is 7.45. The van der Waals surface area contributed by atoms with Gasteiger partial charge in [0.15, 0.2) is 0 Å². The topological polar surface area (TPSA) is 12.0 Å². The van der Waals surface area contributed by atoms with Gasteiger partial charge in [-0.05, 0) is 50.5 Å². The Balaban J connectivity index is 1.91. The molecule has 2 heteroatoms. The average Bonchev–Trinajstić information content (AvgIpc) is 2.89. The van der Waals surface area contributed by atoms with Crippen molar-refractivity contribution in [2.45, 2.75) is 52.5 Å². The molecule has 1 aliphatic rings. The van der Waals surface area contributed by atoms with Gasteiger partial charge in [-0.2, -0.15) is 11.8 Å². The lowest BCUT2D eigenvalue weighted by molar-refractivity contribution is 0.598. The molecule has 1 nitrogen and oxygen atoms in total. The van der Waals surface area contributed by atoms with E-state index in [-0.39, 0.29) is 0 Å². The molecule has 1 saturated carbocycles. The maximum absolute atomic E-state index is 3.66. The first-order chi connectivity index (χ1) is 9.69. The van der Waals surface area contributed by atoms with Crippen molar-refractivity contribution < 1.29 is 0 Å². The molecule has 0 spiro atoms. The lowest BCUT2D eigenvalue weighted by Crippen LogP contribution is -2.23. The number of thioether (sulfide) groups is 1. The third kappa shape index (κ3) is 4.82. The summed E-state index contributed by atoms with van der Waals surface area (Å²) in [5, 5.41) is 3.66. The van der Waals surface area contributed by atoms with Crippen LogP contribution in [-0.2, 0) is 0 Å². The van der Waals surface area contributed by atoms with E-state index in [9.17, 15) is 0 Å². The van der Waals surface area contributed by atoms with Crippen molar-refractivity contribution in [1.29, 1.82) is 0 Å². The molecule has 1 fully saturated rings. The minimum Gasteiger partial charge on any atom is -0.310 e. The zero-order valence-electron chi connectivity index (χ0n) is 13.2. The van der Waals surface area contributed by atoms with Crippen LogP contribution >= 0.6 is 11.8 Å². The molecule has 1 aliphatic carbocycles. The molecule has 1 atom stereocenters. The Kier molecular flexibility index (Phi) is 6.44. The fourth-order valence-corrected chi connectivity index (χ4v) is 4.61. The molecule has 1 N–H and O–H groups in total. The van der Waals surface area contributed by atoms with Gasteiger partial charge in [0.05, 0.1) is 0 Å². The van der Waals surface area contributed by atoms with Crippen molar-refractivity contribution in [1.82, 2.24) is 5.32 Å². The largest absolute Gasteiger partial charge is 0.310 e. The number of rotatable bonds is 7. The van der Waals surface area contributed by atoms with E-state index in [0.29, 0.717) is 6.04 Å². The van der Waals surface area contributed by atoms with Gasteiger partial charge in [0, 0.05) is 11.8 Å². The van der Waals surface area contributed by atoms with E-state index >= 15 is 0 Å². The number of benzene rings is 1. The molecule has 0 saturated heterocycles. The van der Waals surface area contributed by atoms with Gasteiger partial charge in [0.25, 0.3) is 0 Å². The second-order valence-electron chi connectivity index (χ2n) is 6.22. The zero-order valence-corrected chi connectivity index (χ0v) is 14.1. The Bertz CT molecular complexity index is 390. The first kappa shape index (κ1) is 15.9. The Morgan fingerprint density at radius 2 is 1.80 bits per heavy atom. The van der Waals surface area contributed by atoms with Gasteiger partial charge in [-0.15, -0.1) is 0 Å². The molecular formula is C18H29NS. The molecule has 0 radical (unpaired) electrons. The molecule has 0 bridgehead atoms. The summed E-state index contributed by atoms with van der Waals surface area (Å²) >= 11 is 2.14. The standard InChI is InChI=1S/C18H29NS/c1-4-19-18(13-20-12-16-7-5-6-8-16)17-10-14(2)9-15(3)11-17/h9-11,16,18-19H,4-8,12-13H2,1-3H3. The quantitative estimate of drug-likeness (QED) is 0.768. The third-order valence-corrected chi connectivity index (χ3v) is 5.49. The molecule has 0 aromatic heterocycles. The highest BCUT2D eigenvalue weighted by Gasteiger charge is 2.16. The van der Waals surface area contributed by atoms with E-state index < -0.39 is 0 Å². The van der Waals surface area contributed by atoms with E-state index in [2.05, 4.69) is 56.0 Å². The first-order valence-corrected chi connectivity index (χ1v) is 9.24. The van der Waals surface area contributed by atoms with E-state index in [0.717, 1.165) is 12.5 Å². The molecular weight excluding hydrogens is 262 g/mol. The second-order valence-corrected chi connectivity index (χ2v) is 7.29. The molecule has 1 aromatic rings. The molecule has 2 rings (SSSR count). The number of nitrogens with one attached hydrogen (secondary N) is 1. The van der Waals surface area contributed by atoms with E-state index in [1.807, 2.05) is 0 Å². The van der Waals surface area contributed by atoms with Gasteiger partial charge in [-0.3, -0.25) is 0 Å². The van der Waals surface area contributed by atoms with Crippen molar-refractivity contribution in [3.63, 3.8) is 0 Å². The fourth-order valence-electron chi connectivity index (χ4n) is 3.26. The van der Waals surface area contributed by atoms with Gasteiger partial charge >= 0.3 is 0 Å². The van der Waals surface area contributed by atoms with E-state index in [1.165, 1.54) is 53.9 Å². The van der Waals surface area contributed by atoms with Crippen molar-refractivity contribution in [2.24, 2.45) is 5.92 Å². The molecule has 20 heavy (non-hydrogen) atoms. The van der Waals surface area contributed by atoms with Crippen LogP contribution in [0.1, 0.15) is 55.3 Å². The van der Waals surface area contributed by atoms with Gasteiger partial charge < -0.3 is 5.32 Å². The van der Waals surface area contributed by atoms with Crippen LogP contribution in [0.3, 0.4) is 0 Å². The normalized spacial score (nSPS) is 17.6. The third-order valence-electron chi connectivity index (χ3n) is 4.21. The monoisotopic (exact) mass is 291 g/mol. The van der Waals surface area contributed by atoms with Gasteiger partial charge in [-0.25, -0.2) is 0 Å². The highest BCUT2D eigenvalue weighted by atomic mass is 32.2. The SMILES string of the molecule is CCNC(CSCC1CCCC1)c1cc(C)cc(C)c1. The Morgan fingerprint density at radius 1 is 1.15 bits per heavy atom. The number of hydrogen-bond donors (Lipinski definition) is 1. The van der Waals surface area contributed by atoms with Crippen LogP contribution in [0, 0.1) is 19.8 Å². The van der Waals surface area contributed by atoms with Gasteiger partial charge in [-0.1, -0.05) is 49.1 Å². The van der Waals surface area contributed by atoms with Crippen LogP contribution < -0.4 is 5.32 Å². The highest BCUT2D eigenvalue weighted by molar-refractivity contribution is 7.99. The molecule has 0 heterocycles. The minimum absolute atomic E-state index is 0.505.